The Morgan fingerprint density at radius 3 is 2.19 bits per heavy atom. The van der Waals surface area contributed by atoms with Crippen molar-refractivity contribution in [3.05, 3.63) is 53.1 Å². The van der Waals surface area contributed by atoms with Gasteiger partial charge in [0.05, 0.1) is 5.56 Å². The van der Waals surface area contributed by atoms with Gasteiger partial charge in [0.15, 0.2) is 0 Å². The molecule has 0 saturated heterocycles. The average molecular weight is 241 g/mol. The summed E-state index contributed by atoms with van der Waals surface area (Å²) in [5, 5.41) is 9.88. The Hall–Kier alpha value is -1.61. The van der Waals surface area contributed by atoms with E-state index >= 15 is 0 Å². The van der Waals surface area contributed by atoms with Crippen LogP contribution in [-0.4, -0.2) is 5.11 Å². The van der Waals surface area contributed by atoms with Crippen molar-refractivity contribution in [1.29, 1.82) is 0 Å². The van der Waals surface area contributed by atoms with Crippen molar-refractivity contribution >= 4 is 11.6 Å². The molecule has 0 bridgehead atoms. The number of phenols is 1. The van der Waals surface area contributed by atoms with Crippen molar-refractivity contribution in [2.24, 2.45) is 0 Å². The van der Waals surface area contributed by atoms with Crippen LogP contribution in [0.25, 0.3) is 11.1 Å². The summed E-state index contributed by atoms with van der Waals surface area (Å²) < 4.78 is 26.9. The lowest BCUT2D eigenvalue weighted by Gasteiger charge is -2.07. The number of halogens is 3. The Labute approximate surface area is 95.9 Å². The van der Waals surface area contributed by atoms with Gasteiger partial charge in [-0.3, -0.25) is 0 Å². The van der Waals surface area contributed by atoms with Gasteiger partial charge in [-0.25, -0.2) is 8.78 Å². The molecule has 0 spiro atoms. The van der Waals surface area contributed by atoms with Crippen molar-refractivity contribution in [2.45, 2.75) is 0 Å². The SMILES string of the molecule is Oc1cc(Cl)ccc1-c1c(F)cccc1F. The van der Waals surface area contributed by atoms with Crippen LogP contribution in [0.1, 0.15) is 0 Å². The van der Waals surface area contributed by atoms with Gasteiger partial charge in [-0.2, -0.15) is 0 Å². The van der Waals surface area contributed by atoms with E-state index in [9.17, 15) is 13.9 Å². The number of aromatic hydroxyl groups is 1. The summed E-state index contributed by atoms with van der Waals surface area (Å²) in [6.45, 7) is 0. The standard InChI is InChI=1S/C12H7ClF2O/c13-7-4-5-8(11(16)6-7)12-9(14)2-1-3-10(12)15/h1-6,16H. The quantitative estimate of drug-likeness (QED) is 0.799. The Balaban J connectivity index is 2.68. The second-order valence-corrected chi connectivity index (χ2v) is 3.69. The van der Waals surface area contributed by atoms with Gasteiger partial charge < -0.3 is 5.11 Å². The predicted molar refractivity (Wildman–Crippen MR) is 58.5 cm³/mol. The van der Waals surface area contributed by atoms with Crippen LogP contribution >= 0.6 is 11.6 Å². The first-order valence-electron chi connectivity index (χ1n) is 4.52. The molecule has 0 heterocycles. The van der Waals surface area contributed by atoms with E-state index in [0.29, 0.717) is 5.02 Å². The Morgan fingerprint density at radius 2 is 1.62 bits per heavy atom. The van der Waals surface area contributed by atoms with Gasteiger partial charge in [-0.1, -0.05) is 17.7 Å². The lowest BCUT2D eigenvalue weighted by molar-refractivity contribution is 0.476. The van der Waals surface area contributed by atoms with E-state index in [1.54, 1.807) is 0 Å². The molecule has 1 N–H and O–H groups in total. The number of rotatable bonds is 1. The molecule has 0 radical (unpaired) electrons. The van der Waals surface area contributed by atoms with Crippen LogP contribution in [-0.2, 0) is 0 Å². The molecular weight excluding hydrogens is 234 g/mol. The highest BCUT2D eigenvalue weighted by atomic mass is 35.5. The fourth-order valence-electron chi connectivity index (χ4n) is 1.47. The highest BCUT2D eigenvalue weighted by Gasteiger charge is 2.14. The van der Waals surface area contributed by atoms with E-state index in [-0.39, 0.29) is 16.9 Å². The van der Waals surface area contributed by atoms with Crippen LogP contribution in [0.5, 0.6) is 5.75 Å². The summed E-state index contributed by atoms with van der Waals surface area (Å²) >= 11 is 5.64. The largest absolute Gasteiger partial charge is 0.507 e. The molecule has 0 aromatic heterocycles. The van der Waals surface area contributed by atoms with Crippen molar-refractivity contribution in [2.75, 3.05) is 0 Å². The zero-order valence-corrected chi connectivity index (χ0v) is 8.80. The van der Waals surface area contributed by atoms with E-state index in [2.05, 4.69) is 0 Å². The van der Waals surface area contributed by atoms with Crippen LogP contribution < -0.4 is 0 Å². The Kier molecular flexibility index (Phi) is 2.79. The summed E-state index contributed by atoms with van der Waals surface area (Å²) in [5.41, 5.74) is -0.170. The van der Waals surface area contributed by atoms with Crippen LogP contribution in [0.3, 0.4) is 0 Å². The minimum atomic E-state index is -0.724. The molecular formula is C12H7ClF2O. The van der Waals surface area contributed by atoms with E-state index < -0.39 is 11.6 Å². The topological polar surface area (TPSA) is 20.2 Å². The monoisotopic (exact) mass is 240 g/mol. The van der Waals surface area contributed by atoms with E-state index in [4.69, 9.17) is 11.6 Å². The molecule has 0 atom stereocenters. The van der Waals surface area contributed by atoms with E-state index in [0.717, 1.165) is 12.1 Å². The van der Waals surface area contributed by atoms with Gasteiger partial charge in [-0.05, 0) is 30.3 Å². The molecule has 0 fully saturated rings. The molecule has 0 aliphatic rings. The molecule has 82 valence electrons. The maximum atomic E-state index is 13.4. The maximum Gasteiger partial charge on any atom is 0.134 e. The highest BCUT2D eigenvalue weighted by molar-refractivity contribution is 6.30. The molecule has 0 aliphatic carbocycles. The Bertz CT molecular complexity index is 520. The van der Waals surface area contributed by atoms with E-state index in [1.807, 2.05) is 0 Å². The number of hydrogen-bond donors (Lipinski definition) is 1. The summed E-state index contributed by atoms with van der Waals surface area (Å²) in [6, 6.07) is 7.60. The van der Waals surface area contributed by atoms with Gasteiger partial charge in [0.25, 0.3) is 0 Å². The van der Waals surface area contributed by atoms with Gasteiger partial charge in [0, 0.05) is 10.6 Å². The third-order valence-electron chi connectivity index (χ3n) is 2.19. The lowest BCUT2D eigenvalue weighted by Crippen LogP contribution is -1.89. The van der Waals surface area contributed by atoms with Gasteiger partial charge in [0.2, 0.25) is 0 Å². The summed E-state index contributed by atoms with van der Waals surface area (Å²) in [4.78, 5) is 0. The van der Waals surface area contributed by atoms with E-state index in [1.165, 1.54) is 24.3 Å². The van der Waals surface area contributed by atoms with Crippen LogP contribution in [0.15, 0.2) is 36.4 Å². The lowest BCUT2D eigenvalue weighted by atomic mass is 10.0. The second kappa shape index (κ2) is 4.10. The summed E-state index contributed by atoms with van der Waals surface area (Å²) in [5.74, 6) is -1.70. The molecule has 2 rings (SSSR count). The third-order valence-corrected chi connectivity index (χ3v) is 2.43. The minimum Gasteiger partial charge on any atom is -0.507 e. The number of benzene rings is 2. The molecule has 16 heavy (non-hydrogen) atoms. The van der Waals surface area contributed by atoms with Crippen molar-refractivity contribution < 1.29 is 13.9 Å². The number of phenolic OH excluding ortho intramolecular Hbond substituents is 1. The zero-order chi connectivity index (χ0) is 11.7. The predicted octanol–water partition coefficient (Wildman–Crippen LogP) is 3.99. The minimum absolute atomic E-state index is 0.0833. The maximum absolute atomic E-state index is 13.4. The summed E-state index contributed by atoms with van der Waals surface area (Å²) in [7, 11) is 0. The van der Waals surface area contributed by atoms with Crippen LogP contribution in [0, 0.1) is 11.6 Å². The first-order valence-corrected chi connectivity index (χ1v) is 4.90. The zero-order valence-electron chi connectivity index (χ0n) is 8.05. The van der Waals surface area contributed by atoms with Gasteiger partial charge in [0.1, 0.15) is 17.4 Å². The van der Waals surface area contributed by atoms with Crippen LogP contribution in [0.4, 0.5) is 8.78 Å². The molecule has 2 aromatic rings. The molecule has 0 amide bonds. The van der Waals surface area contributed by atoms with Gasteiger partial charge >= 0.3 is 0 Å². The van der Waals surface area contributed by atoms with Gasteiger partial charge in [-0.15, -0.1) is 0 Å². The molecule has 0 unspecified atom stereocenters. The first-order chi connectivity index (χ1) is 7.59. The normalized spacial score (nSPS) is 10.4. The molecule has 4 heteroatoms. The van der Waals surface area contributed by atoms with Crippen molar-refractivity contribution in [3.8, 4) is 16.9 Å². The molecule has 1 nitrogen and oxygen atoms in total. The Morgan fingerprint density at radius 1 is 1.00 bits per heavy atom. The smallest absolute Gasteiger partial charge is 0.134 e. The highest BCUT2D eigenvalue weighted by Crippen LogP contribution is 2.34. The number of hydrogen-bond acceptors (Lipinski definition) is 1. The molecule has 0 aliphatic heterocycles. The fraction of sp³-hybridized carbons (Fsp3) is 0. The molecule has 0 saturated carbocycles. The fourth-order valence-corrected chi connectivity index (χ4v) is 1.64. The second-order valence-electron chi connectivity index (χ2n) is 3.26. The average Bonchev–Trinajstić information content (AvgIpc) is 2.20. The third kappa shape index (κ3) is 1.86. The summed E-state index contributed by atoms with van der Waals surface area (Å²) in [6.07, 6.45) is 0. The van der Waals surface area contributed by atoms with Crippen molar-refractivity contribution in [3.63, 3.8) is 0 Å². The van der Waals surface area contributed by atoms with Crippen molar-refractivity contribution in [1.82, 2.24) is 0 Å². The molecule has 2 aromatic carbocycles. The first kappa shape index (κ1) is 10.9. The van der Waals surface area contributed by atoms with Crippen LogP contribution in [0.2, 0.25) is 5.02 Å².